The molecule has 2 aromatic carbocycles. The highest BCUT2D eigenvalue weighted by atomic mass is 16.4. The summed E-state index contributed by atoms with van der Waals surface area (Å²) in [5.74, 6) is -2.00. The number of hydrogen-bond acceptors (Lipinski definition) is 8. The SMILES string of the molecule is Cc1c(C(=O)O)ccc2c1CC[C@@H]2NC(=O)c1cc(C(=O)NCc2cccc(N=C(N)NC#N)c2)nc2ncnn12. The molecular weight excluding hydrogens is 528 g/mol. The minimum absolute atomic E-state index is 0.0268. The normalized spacial score (nSPS) is 14.2. The number of nitrogens with one attached hydrogen (secondary N) is 3. The molecule has 0 spiro atoms. The number of nitriles is 1. The van der Waals surface area contributed by atoms with E-state index >= 15 is 0 Å². The average Bonchev–Trinajstić information content (AvgIpc) is 3.59. The number of aromatic nitrogens is 4. The molecule has 2 heterocycles. The van der Waals surface area contributed by atoms with Gasteiger partial charge in [0.25, 0.3) is 17.6 Å². The maximum atomic E-state index is 13.4. The third-order valence-electron chi connectivity index (χ3n) is 6.74. The molecule has 0 aliphatic heterocycles. The van der Waals surface area contributed by atoms with Gasteiger partial charge in [-0.3, -0.25) is 14.9 Å². The van der Waals surface area contributed by atoms with Crippen molar-refractivity contribution in [2.24, 2.45) is 10.7 Å². The van der Waals surface area contributed by atoms with Crippen molar-refractivity contribution in [3.05, 3.63) is 88.0 Å². The van der Waals surface area contributed by atoms with E-state index in [-0.39, 0.29) is 41.3 Å². The fourth-order valence-corrected chi connectivity index (χ4v) is 4.82. The van der Waals surface area contributed by atoms with Crippen LogP contribution in [0.25, 0.3) is 5.78 Å². The lowest BCUT2D eigenvalue weighted by Gasteiger charge is -2.16. The van der Waals surface area contributed by atoms with Crippen molar-refractivity contribution in [2.75, 3.05) is 0 Å². The van der Waals surface area contributed by atoms with Crippen LogP contribution in [0.15, 0.2) is 53.8 Å². The van der Waals surface area contributed by atoms with Crippen molar-refractivity contribution >= 4 is 35.2 Å². The summed E-state index contributed by atoms with van der Waals surface area (Å²) in [5, 5.41) is 30.1. The molecule has 4 aromatic rings. The molecule has 1 aliphatic rings. The molecule has 0 saturated carbocycles. The van der Waals surface area contributed by atoms with E-state index in [0.29, 0.717) is 29.7 Å². The maximum absolute atomic E-state index is 13.4. The predicted molar refractivity (Wildman–Crippen MR) is 145 cm³/mol. The van der Waals surface area contributed by atoms with Gasteiger partial charge in [0.2, 0.25) is 5.96 Å². The minimum Gasteiger partial charge on any atom is -0.478 e. The summed E-state index contributed by atoms with van der Waals surface area (Å²) in [7, 11) is 0. The third kappa shape index (κ3) is 5.50. The molecular formula is C27H24N10O4. The number of aromatic carboxylic acids is 1. The fourth-order valence-electron chi connectivity index (χ4n) is 4.82. The van der Waals surface area contributed by atoms with Gasteiger partial charge >= 0.3 is 5.97 Å². The number of aliphatic imine (C=N–C) groups is 1. The highest BCUT2D eigenvalue weighted by Gasteiger charge is 2.29. The van der Waals surface area contributed by atoms with Gasteiger partial charge in [0, 0.05) is 12.6 Å². The van der Waals surface area contributed by atoms with E-state index in [1.54, 1.807) is 49.5 Å². The Morgan fingerprint density at radius 2 is 2.05 bits per heavy atom. The number of nitrogens with two attached hydrogens (primary N) is 1. The molecule has 14 nitrogen and oxygen atoms in total. The van der Waals surface area contributed by atoms with Gasteiger partial charge in [0.15, 0.2) is 6.19 Å². The van der Waals surface area contributed by atoms with Crippen molar-refractivity contribution in [3.8, 4) is 6.19 Å². The quantitative estimate of drug-likeness (QED) is 0.0964. The van der Waals surface area contributed by atoms with Crippen LogP contribution < -0.4 is 21.7 Å². The average molecular weight is 553 g/mol. The molecule has 14 heteroatoms. The number of fused-ring (bicyclic) bond motifs is 2. The second-order valence-corrected chi connectivity index (χ2v) is 9.26. The number of carbonyl (C=O) groups excluding carboxylic acids is 2. The number of benzene rings is 2. The molecule has 1 aliphatic carbocycles. The first-order valence-electron chi connectivity index (χ1n) is 12.5. The fraction of sp³-hybridized carbons (Fsp3) is 0.185. The zero-order chi connectivity index (χ0) is 29.1. The maximum Gasteiger partial charge on any atom is 0.335 e. The number of carboxylic acid groups (broad SMARTS) is 1. The van der Waals surface area contributed by atoms with Gasteiger partial charge in [0.1, 0.15) is 17.7 Å². The summed E-state index contributed by atoms with van der Waals surface area (Å²) < 4.78 is 1.25. The summed E-state index contributed by atoms with van der Waals surface area (Å²) in [4.78, 5) is 50.3. The van der Waals surface area contributed by atoms with Crippen molar-refractivity contribution in [1.29, 1.82) is 5.26 Å². The van der Waals surface area contributed by atoms with E-state index in [0.717, 1.165) is 11.1 Å². The zero-order valence-corrected chi connectivity index (χ0v) is 21.8. The van der Waals surface area contributed by atoms with E-state index in [4.69, 9.17) is 11.0 Å². The molecule has 0 bridgehead atoms. The summed E-state index contributed by atoms with van der Waals surface area (Å²) >= 11 is 0. The van der Waals surface area contributed by atoms with E-state index in [2.05, 4.69) is 36.0 Å². The highest BCUT2D eigenvalue weighted by molar-refractivity contribution is 5.98. The smallest absolute Gasteiger partial charge is 0.335 e. The van der Waals surface area contributed by atoms with Crippen LogP contribution in [-0.2, 0) is 13.0 Å². The Morgan fingerprint density at radius 1 is 1.22 bits per heavy atom. The van der Waals surface area contributed by atoms with Crippen LogP contribution >= 0.6 is 0 Å². The van der Waals surface area contributed by atoms with E-state index in [9.17, 15) is 19.5 Å². The Bertz CT molecular complexity index is 1770. The van der Waals surface area contributed by atoms with Crippen molar-refractivity contribution in [2.45, 2.75) is 32.4 Å². The van der Waals surface area contributed by atoms with Gasteiger partial charge in [-0.2, -0.15) is 19.9 Å². The van der Waals surface area contributed by atoms with Crippen molar-refractivity contribution in [1.82, 2.24) is 35.5 Å². The van der Waals surface area contributed by atoms with Crippen LogP contribution in [0.2, 0.25) is 0 Å². The van der Waals surface area contributed by atoms with Gasteiger partial charge in [-0.15, -0.1) is 0 Å². The minimum atomic E-state index is -0.993. The molecule has 2 amide bonds. The molecule has 6 N–H and O–H groups in total. The Kier molecular flexibility index (Phi) is 7.25. The van der Waals surface area contributed by atoms with Gasteiger partial charge in [0.05, 0.1) is 17.3 Å². The first kappa shape index (κ1) is 26.8. The van der Waals surface area contributed by atoms with Gasteiger partial charge in [-0.05, 0) is 60.2 Å². The van der Waals surface area contributed by atoms with Gasteiger partial charge < -0.3 is 21.5 Å². The number of guanidine groups is 1. The summed E-state index contributed by atoms with van der Waals surface area (Å²) in [6, 6.07) is 11.2. The Labute approximate surface area is 232 Å². The molecule has 206 valence electrons. The van der Waals surface area contributed by atoms with Crippen LogP contribution in [0.3, 0.4) is 0 Å². The topological polar surface area (TPSA) is 213 Å². The van der Waals surface area contributed by atoms with Crippen LogP contribution in [0.4, 0.5) is 5.69 Å². The summed E-state index contributed by atoms with van der Waals surface area (Å²) in [5.41, 5.74) is 9.56. The lowest BCUT2D eigenvalue weighted by molar-refractivity contribution is 0.0695. The number of carboxylic acids is 1. The van der Waals surface area contributed by atoms with Crippen molar-refractivity contribution < 1.29 is 19.5 Å². The van der Waals surface area contributed by atoms with Crippen LogP contribution in [0.1, 0.15) is 66.1 Å². The second-order valence-electron chi connectivity index (χ2n) is 9.26. The highest BCUT2D eigenvalue weighted by Crippen LogP contribution is 2.35. The van der Waals surface area contributed by atoms with Crippen LogP contribution in [0, 0.1) is 18.4 Å². The van der Waals surface area contributed by atoms with E-state index in [1.165, 1.54) is 16.9 Å². The summed E-state index contributed by atoms with van der Waals surface area (Å²) in [6.45, 7) is 1.90. The second kappa shape index (κ2) is 11.1. The molecule has 0 radical (unpaired) electrons. The van der Waals surface area contributed by atoms with Crippen LogP contribution in [0.5, 0.6) is 0 Å². The predicted octanol–water partition coefficient (Wildman–Crippen LogP) is 1.50. The number of amides is 2. The zero-order valence-electron chi connectivity index (χ0n) is 21.8. The van der Waals surface area contributed by atoms with E-state index in [1.807, 2.05) is 0 Å². The Balaban J connectivity index is 1.34. The molecule has 2 aromatic heterocycles. The lowest BCUT2D eigenvalue weighted by atomic mass is 9.98. The van der Waals surface area contributed by atoms with Gasteiger partial charge in [-0.25, -0.2) is 14.8 Å². The number of hydrogen-bond donors (Lipinski definition) is 5. The monoisotopic (exact) mass is 552 g/mol. The molecule has 1 atom stereocenters. The van der Waals surface area contributed by atoms with E-state index < -0.39 is 17.8 Å². The Morgan fingerprint density at radius 3 is 2.83 bits per heavy atom. The number of rotatable bonds is 7. The standard InChI is InChI=1S/C27H24N10O4/c1-14-17-7-8-20(19(17)6-5-18(14)25(40)41)35-24(39)22-10-21(36-27-32-13-33-37(22)27)23(38)30-11-15-3-2-4-16(9-15)34-26(29)31-12-28/h2-6,9-10,13,20H,7-8,11H2,1H3,(H,30,38)(H,35,39)(H,40,41)(H3,29,31,34)/t20-/m0/s1. The molecule has 0 saturated heterocycles. The van der Waals surface area contributed by atoms with Gasteiger partial charge in [-0.1, -0.05) is 18.2 Å². The largest absolute Gasteiger partial charge is 0.478 e. The lowest BCUT2D eigenvalue weighted by Crippen LogP contribution is -2.30. The number of carbonyl (C=O) groups is 3. The molecule has 0 fully saturated rings. The number of nitrogens with zero attached hydrogens (tertiary/aromatic N) is 6. The summed E-state index contributed by atoms with van der Waals surface area (Å²) in [6.07, 6.45) is 4.16. The Hall–Kier alpha value is -5.84. The third-order valence-corrected chi connectivity index (χ3v) is 6.74. The molecule has 0 unspecified atom stereocenters. The molecule has 41 heavy (non-hydrogen) atoms. The van der Waals surface area contributed by atoms with Crippen LogP contribution in [-0.4, -0.2) is 48.4 Å². The van der Waals surface area contributed by atoms with Crippen molar-refractivity contribution in [3.63, 3.8) is 0 Å². The molecule has 5 rings (SSSR count). The first-order valence-corrected chi connectivity index (χ1v) is 12.5. The first-order chi connectivity index (χ1) is 19.7.